The molecule has 1 aliphatic rings. The van der Waals surface area contributed by atoms with Crippen LogP contribution in [0.25, 0.3) is 0 Å². The van der Waals surface area contributed by atoms with E-state index in [4.69, 9.17) is 5.11 Å². The molecule has 2 atom stereocenters. The van der Waals surface area contributed by atoms with E-state index in [0.717, 1.165) is 12.2 Å². The zero-order valence-corrected chi connectivity index (χ0v) is 7.73. The van der Waals surface area contributed by atoms with Crippen LogP contribution in [0.4, 0.5) is 0 Å². The molecule has 11 heavy (non-hydrogen) atoms. The summed E-state index contributed by atoms with van der Waals surface area (Å²) in [6, 6.07) is 0. The van der Waals surface area contributed by atoms with Crippen molar-refractivity contribution in [2.75, 3.05) is 5.75 Å². The highest BCUT2D eigenvalue weighted by molar-refractivity contribution is 8.01. The predicted octanol–water partition coefficient (Wildman–Crippen LogP) is 1.85. The SMILES string of the molecule is CC(C)C(C(=O)O)C1CCS1. The number of carboxylic acids is 1. The minimum Gasteiger partial charge on any atom is -0.481 e. The summed E-state index contributed by atoms with van der Waals surface area (Å²) in [6.07, 6.45) is 1.08. The minimum absolute atomic E-state index is 0.131. The van der Waals surface area contributed by atoms with Crippen molar-refractivity contribution in [3.8, 4) is 0 Å². The fourth-order valence-electron chi connectivity index (χ4n) is 1.41. The van der Waals surface area contributed by atoms with Crippen LogP contribution >= 0.6 is 11.8 Å². The maximum absolute atomic E-state index is 10.8. The Hall–Kier alpha value is -0.180. The maximum Gasteiger partial charge on any atom is 0.307 e. The van der Waals surface area contributed by atoms with Gasteiger partial charge in [0.25, 0.3) is 0 Å². The normalized spacial score (nSPS) is 26.3. The highest BCUT2D eigenvalue weighted by Crippen LogP contribution is 2.37. The Balaban J connectivity index is 2.51. The Labute approximate surface area is 71.4 Å². The zero-order chi connectivity index (χ0) is 8.43. The average molecular weight is 174 g/mol. The van der Waals surface area contributed by atoms with Gasteiger partial charge in [0, 0.05) is 5.25 Å². The first-order valence-electron chi connectivity index (χ1n) is 3.97. The molecular formula is C8H14O2S. The predicted molar refractivity (Wildman–Crippen MR) is 46.8 cm³/mol. The van der Waals surface area contributed by atoms with E-state index in [0.29, 0.717) is 5.25 Å². The van der Waals surface area contributed by atoms with E-state index >= 15 is 0 Å². The summed E-state index contributed by atoms with van der Waals surface area (Å²) >= 11 is 1.79. The smallest absolute Gasteiger partial charge is 0.307 e. The standard InChI is InChI=1S/C8H14O2S/c1-5(2)7(8(9)10)6-3-4-11-6/h5-7H,3-4H2,1-2H3,(H,9,10). The van der Waals surface area contributed by atoms with E-state index in [-0.39, 0.29) is 11.8 Å². The summed E-state index contributed by atoms with van der Waals surface area (Å²) in [4.78, 5) is 10.8. The van der Waals surface area contributed by atoms with Crippen molar-refractivity contribution in [1.29, 1.82) is 0 Å². The van der Waals surface area contributed by atoms with E-state index in [1.165, 1.54) is 0 Å². The van der Waals surface area contributed by atoms with Gasteiger partial charge in [-0.2, -0.15) is 11.8 Å². The van der Waals surface area contributed by atoms with Gasteiger partial charge in [0.2, 0.25) is 0 Å². The molecule has 1 N–H and O–H groups in total. The first kappa shape index (κ1) is 8.91. The van der Waals surface area contributed by atoms with E-state index in [2.05, 4.69) is 0 Å². The van der Waals surface area contributed by atoms with E-state index in [1.54, 1.807) is 11.8 Å². The summed E-state index contributed by atoms with van der Waals surface area (Å²) < 4.78 is 0. The Morgan fingerprint density at radius 2 is 2.18 bits per heavy atom. The number of thioether (sulfide) groups is 1. The number of carboxylic acid groups (broad SMARTS) is 1. The summed E-state index contributed by atoms with van der Waals surface area (Å²) in [5, 5.41) is 9.25. The van der Waals surface area contributed by atoms with Gasteiger partial charge in [-0.05, 0) is 18.1 Å². The summed E-state index contributed by atoms with van der Waals surface area (Å²) in [6.45, 7) is 3.97. The first-order valence-corrected chi connectivity index (χ1v) is 5.02. The third kappa shape index (κ3) is 1.89. The van der Waals surface area contributed by atoms with Crippen molar-refractivity contribution in [2.45, 2.75) is 25.5 Å². The summed E-state index contributed by atoms with van der Waals surface area (Å²) in [5.41, 5.74) is 0. The van der Waals surface area contributed by atoms with Gasteiger partial charge in [-0.15, -0.1) is 0 Å². The Bertz CT molecular complexity index is 152. The topological polar surface area (TPSA) is 37.3 Å². The fraction of sp³-hybridized carbons (Fsp3) is 0.875. The molecule has 0 aromatic carbocycles. The molecule has 0 amide bonds. The number of aliphatic carboxylic acids is 1. The number of hydrogen-bond acceptors (Lipinski definition) is 2. The highest BCUT2D eigenvalue weighted by Gasteiger charge is 2.35. The average Bonchev–Trinajstić information content (AvgIpc) is 1.75. The molecule has 0 spiro atoms. The molecule has 0 saturated carbocycles. The molecular weight excluding hydrogens is 160 g/mol. The number of hydrogen-bond donors (Lipinski definition) is 1. The van der Waals surface area contributed by atoms with Crippen LogP contribution in [0.3, 0.4) is 0 Å². The van der Waals surface area contributed by atoms with Gasteiger partial charge < -0.3 is 5.11 Å². The van der Waals surface area contributed by atoms with Crippen LogP contribution in [0.2, 0.25) is 0 Å². The lowest BCUT2D eigenvalue weighted by Gasteiger charge is -2.32. The van der Waals surface area contributed by atoms with Crippen LogP contribution in [0.15, 0.2) is 0 Å². The molecule has 1 aliphatic heterocycles. The lowest BCUT2D eigenvalue weighted by atomic mass is 9.91. The molecule has 64 valence electrons. The molecule has 3 heteroatoms. The van der Waals surface area contributed by atoms with Gasteiger partial charge in [-0.1, -0.05) is 13.8 Å². The molecule has 0 aromatic rings. The van der Waals surface area contributed by atoms with Crippen LogP contribution < -0.4 is 0 Å². The van der Waals surface area contributed by atoms with Crippen molar-refractivity contribution < 1.29 is 9.90 Å². The van der Waals surface area contributed by atoms with Crippen LogP contribution in [0.1, 0.15) is 20.3 Å². The molecule has 1 fully saturated rings. The summed E-state index contributed by atoms with van der Waals surface area (Å²) in [7, 11) is 0. The van der Waals surface area contributed by atoms with Gasteiger partial charge in [0.05, 0.1) is 5.92 Å². The van der Waals surface area contributed by atoms with Gasteiger partial charge in [-0.3, -0.25) is 4.79 Å². The van der Waals surface area contributed by atoms with Crippen LogP contribution in [0, 0.1) is 11.8 Å². The second kappa shape index (κ2) is 3.48. The second-order valence-electron chi connectivity index (χ2n) is 3.31. The Morgan fingerprint density at radius 1 is 1.64 bits per heavy atom. The van der Waals surface area contributed by atoms with Crippen molar-refractivity contribution in [3.05, 3.63) is 0 Å². The maximum atomic E-state index is 10.8. The largest absolute Gasteiger partial charge is 0.481 e. The number of rotatable bonds is 3. The van der Waals surface area contributed by atoms with E-state index < -0.39 is 5.97 Å². The van der Waals surface area contributed by atoms with Gasteiger partial charge in [0.1, 0.15) is 0 Å². The number of carbonyl (C=O) groups is 1. The van der Waals surface area contributed by atoms with Crippen molar-refractivity contribution in [3.63, 3.8) is 0 Å². The molecule has 0 bridgehead atoms. The minimum atomic E-state index is -0.628. The van der Waals surface area contributed by atoms with E-state index in [9.17, 15) is 4.79 Å². The van der Waals surface area contributed by atoms with Gasteiger partial charge >= 0.3 is 5.97 Å². The van der Waals surface area contributed by atoms with Gasteiger partial charge in [-0.25, -0.2) is 0 Å². The van der Waals surface area contributed by atoms with Crippen LogP contribution in [-0.2, 0) is 4.79 Å². The quantitative estimate of drug-likeness (QED) is 0.709. The molecule has 1 heterocycles. The molecule has 0 radical (unpaired) electrons. The highest BCUT2D eigenvalue weighted by atomic mass is 32.2. The van der Waals surface area contributed by atoms with E-state index in [1.807, 2.05) is 13.8 Å². The molecule has 1 rings (SSSR count). The Kier molecular flexibility index (Phi) is 2.82. The van der Waals surface area contributed by atoms with Gasteiger partial charge in [0.15, 0.2) is 0 Å². The summed E-state index contributed by atoms with van der Waals surface area (Å²) in [5.74, 6) is 0.650. The lowest BCUT2D eigenvalue weighted by Crippen LogP contribution is -2.35. The lowest BCUT2D eigenvalue weighted by molar-refractivity contribution is -0.143. The van der Waals surface area contributed by atoms with Crippen LogP contribution in [-0.4, -0.2) is 22.1 Å². The third-order valence-corrected chi connectivity index (χ3v) is 3.57. The Morgan fingerprint density at radius 3 is 2.27 bits per heavy atom. The van der Waals surface area contributed by atoms with Crippen molar-refractivity contribution >= 4 is 17.7 Å². The molecule has 2 nitrogen and oxygen atoms in total. The molecule has 0 aromatic heterocycles. The monoisotopic (exact) mass is 174 g/mol. The van der Waals surface area contributed by atoms with Crippen molar-refractivity contribution in [2.24, 2.45) is 11.8 Å². The first-order chi connectivity index (χ1) is 5.13. The fourth-order valence-corrected chi connectivity index (χ4v) is 2.56. The molecule has 0 aliphatic carbocycles. The second-order valence-corrected chi connectivity index (χ2v) is 4.65. The zero-order valence-electron chi connectivity index (χ0n) is 6.91. The molecule has 2 unspecified atom stereocenters. The molecule has 1 saturated heterocycles. The van der Waals surface area contributed by atoms with Crippen LogP contribution in [0.5, 0.6) is 0 Å². The van der Waals surface area contributed by atoms with Crippen molar-refractivity contribution in [1.82, 2.24) is 0 Å². The third-order valence-electron chi connectivity index (χ3n) is 2.14.